The molecule has 8 nitrogen and oxygen atoms in total. The first-order valence-electron chi connectivity index (χ1n) is 4.87. The summed E-state index contributed by atoms with van der Waals surface area (Å²) in [6.07, 6.45) is -0.528. The highest BCUT2D eigenvalue weighted by Gasteiger charge is 2.16. The Kier molecular flexibility index (Phi) is 4.84. The number of nitrogens with one attached hydrogen (secondary N) is 1. The van der Waals surface area contributed by atoms with Gasteiger partial charge in [0.05, 0.1) is 22.8 Å². The average molecular weight is 353 g/mol. The average Bonchev–Trinajstić information content (AvgIpc) is 2.29. The monoisotopic (exact) mass is 352 g/mol. The molecule has 0 amide bonds. The first kappa shape index (κ1) is 15.4. The van der Waals surface area contributed by atoms with Crippen molar-refractivity contribution >= 4 is 43.3 Å². The number of anilines is 1. The van der Waals surface area contributed by atoms with Gasteiger partial charge in [0, 0.05) is 16.6 Å². The molecule has 19 heavy (non-hydrogen) atoms. The number of sulfonamides is 1. The van der Waals surface area contributed by atoms with Gasteiger partial charge in [-0.1, -0.05) is 0 Å². The molecule has 1 rings (SSSR count). The number of benzene rings is 1. The minimum Gasteiger partial charge on any atom is -0.481 e. The van der Waals surface area contributed by atoms with E-state index in [0.717, 1.165) is 12.1 Å². The van der Waals surface area contributed by atoms with Gasteiger partial charge in [-0.05, 0) is 22.0 Å². The maximum absolute atomic E-state index is 11.5. The molecule has 0 fully saturated rings. The normalized spacial score (nSPS) is 11.0. The molecule has 0 unspecified atom stereocenters. The lowest BCUT2D eigenvalue weighted by molar-refractivity contribution is -0.384. The molecule has 1 aromatic carbocycles. The highest BCUT2D eigenvalue weighted by molar-refractivity contribution is 9.10. The Bertz CT molecular complexity index is 615. The number of carbonyl (C=O) groups is 1. The van der Waals surface area contributed by atoms with Gasteiger partial charge in [0.2, 0.25) is 10.0 Å². The minimum absolute atomic E-state index is 0.107. The third-order valence-corrected chi connectivity index (χ3v) is 3.94. The van der Waals surface area contributed by atoms with Crippen molar-refractivity contribution in [3.63, 3.8) is 0 Å². The first-order chi connectivity index (χ1) is 8.71. The van der Waals surface area contributed by atoms with Crippen LogP contribution in [0.3, 0.4) is 0 Å². The number of nitro groups is 1. The summed E-state index contributed by atoms with van der Waals surface area (Å²) in [6.45, 7) is 0. The second-order valence-corrected chi connectivity index (χ2v) is 6.18. The summed E-state index contributed by atoms with van der Waals surface area (Å²) in [5.74, 6) is -1.81. The smallest absolute Gasteiger partial charge is 0.304 e. The second kappa shape index (κ2) is 5.97. The van der Waals surface area contributed by atoms with Gasteiger partial charge in [0.1, 0.15) is 0 Å². The Morgan fingerprint density at radius 3 is 2.58 bits per heavy atom. The van der Waals surface area contributed by atoms with Crippen LogP contribution in [0.15, 0.2) is 22.7 Å². The quantitative estimate of drug-likeness (QED) is 0.590. The maximum atomic E-state index is 11.5. The molecule has 1 aromatic rings. The lowest BCUT2D eigenvalue weighted by atomic mass is 10.3. The zero-order valence-electron chi connectivity index (χ0n) is 9.37. The zero-order valence-corrected chi connectivity index (χ0v) is 11.8. The molecule has 0 heterocycles. The number of non-ortho nitro benzene ring substituents is 1. The van der Waals surface area contributed by atoms with Crippen molar-refractivity contribution in [1.29, 1.82) is 0 Å². The highest BCUT2D eigenvalue weighted by atomic mass is 79.9. The maximum Gasteiger partial charge on any atom is 0.304 e. The van der Waals surface area contributed by atoms with Crippen LogP contribution in [0.2, 0.25) is 0 Å². The molecule has 10 heteroatoms. The molecule has 0 atom stereocenters. The summed E-state index contributed by atoms with van der Waals surface area (Å²) in [7, 11) is -3.82. The molecule has 0 radical (unpaired) electrons. The van der Waals surface area contributed by atoms with Crippen molar-refractivity contribution in [3.05, 3.63) is 32.8 Å². The molecule has 0 saturated heterocycles. The Labute approximate surface area is 116 Å². The van der Waals surface area contributed by atoms with E-state index in [-0.39, 0.29) is 15.8 Å². The molecule has 0 aliphatic rings. The number of hydrogen-bond donors (Lipinski definition) is 2. The lowest BCUT2D eigenvalue weighted by Crippen LogP contribution is -2.19. The fourth-order valence-corrected chi connectivity index (χ4v) is 2.80. The molecule has 0 aliphatic heterocycles. The van der Waals surface area contributed by atoms with Crippen LogP contribution >= 0.6 is 15.9 Å². The molecule has 0 aromatic heterocycles. The number of halogens is 1. The number of hydrogen-bond acceptors (Lipinski definition) is 5. The fourth-order valence-electron chi connectivity index (χ4n) is 1.14. The van der Waals surface area contributed by atoms with E-state index in [1.807, 2.05) is 0 Å². The molecular formula is C9H9BrN2O6S. The van der Waals surface area contributed by atoms with Crippen LogP contribution in [0.4, 0.5) is 11.4 Å². The zero-order chi connectivity index (χ0) is 14.6. The van der Waals surface area contributed by atoms with Gasteiger partial charge in [-0.15, -0.1) is 0 Å². The van der Waals surface area contributed by atoms with Gasteiger partial charge in [-0.2, -0.15) is 0 Å². The van der Waals surface area contributed by atoms with E-state index in [2.05, 4.69) is 20.7 Å². The molecule has 0 bridgehead atoms. The SMILES string of the molecule is O=C(O)CCS(=O)(=O)Nc1ccc([N+](=O)[O-])cc1Br. The van der Waals surface area contributed by atoms with Gasteiger partial charge in [0.15, 0.2) is 0 Å². The van der Waals surface area contributed by atoms with E-state index in [9.17, 15) is 23.3 Å². The topological polar surface area (TPSA) is 127 Å². The summed E-state index contributed by atoms with van der Waals surface area (Å²) in [5.41, 5.74) is -0.0867. The summed E-state index contributed by atoms with van der Waals surface area (Å²) in [6, 6.07) is 3.51. The second-order valence-electron chi connectivity index (χ2n) is 3.49. The van der Waals surface area contributed by atoms with Crippen LogP contribution in [-0.2, 0) is 14.8 Å². The first-order valence-corrected chi connectivity index (χ1v) is 7.32. The van der Waals surface area contributed by atoms with Crippen molar-refractivity contribution in [2.75, 3.05) is 10.5 Å². The lowest BCUT2D eigenvalue weighted by Gasteiger charge is -2.08. The van der Waals surface area contributed by atoms with E-state index < -0.39 is 33.1 Å². The number of carboxylic acid groups (broad SMARTS) is 1. The van der Waals surface area contributed by atoms with Gasteiger partial charge in [-0.25, -0.2) is 8.42 Å². The fraction of sp³-hybridized carbons (Fsp3) is 0.222. The molecule has 104 valence electrons. The van der Waals surface area contributed by atoms with E-state index in [0.29, 0.717) is 0 Å². The number of rotatable bonds is 6. The molecule has 2 N–H and O–H groups in total. The van der Waals surface area contributed by atoms with E-state index in [1.165, 1.54) is 6.07 Å². The van der Waals surface area contributed by atoms with Crippen molar-refractivity contribution < 1.29 is 23.2 Å². The van der Waals surface area contributed by atoms with Gasteiger partial charge >= 0.3 is 5.97 Å². The molecular weight excluding hydrogens is 344 g/mol. The summed E-state index contributed by atoms with van der Waals surface area (Å²) in [4.78, 5) is 20.2. The van der Waals surface area contributed by atoms with Crippen LogP contribution in [0, 0.1) is 10.1 Å². The number of nitro benzene ring substituents is 1. The number of nitrogens with zero attached hydrogens (tertiary/aromatic N) is 1. The largest absolute Gasteiger partial charge is 0.481 e. The summed E-state index contributed by atoms with van der Waals surface area (Å²) < 4.78 is 25.4. The van der Waals surface area contributed by atoms with Crippen LogP contribution in [-0.4, -0.2) is 30.2 Å². The van der Waals surface area contributed by atoms with E-state index >= 15 is 0 Å². The molecule has 0 spiro atoms. The van der Waals surface area contributed by atoms with E-state index in [4.69, 9.17) is 5.11 Å². The van der Waals surface area contributed by atoms with Crippen LogP contribution in [0.5, 0.6) is 0 Å². The van der Waals surface area contributed by atoms with Crippen molar-refractivity contribution in [2.45, 2.75) is 6.42 Å². The Hall–Kier alpha value is -1.68. The summed E-state index contributed by atoms with van der Waals surface area (Å²) in [5, 5.41) is 18.9. The Balaban J connectivity index is 2.88. The molecule has 0 aliphatic carbocycles. The van der Waals surface area contributed by atoms with Crippen LogP contribution in [0.25, 0.3) is 0 Å². The number of aliphatic carboxylic acids is 1. The third kappa shape index (κ3) is 4.83. The third-order valence-electron chi connectivity index (χ3n) is 2.01. The van der Waals surface area contributed by atoms with Gasteiger partial charge < -0.3 is 5.11 Å². The predicted octanol–water partition coefficient (Wildman–Crippen LogP) is 1.57. The summed E-state index contributed by atoms with van der Waals surface area (Å²) >= 11 is 3.00. The van der Waals surface area contributed by atoms with Crippen LogP contribution in [0.1, 0.15) is 6.42 Å². The van der Waals surface area contributed by atoms with Crippen molar-refractivity contribution in [3.8, 4) is 0 Å². The predicted molar refractivity (Wildman–Crippen MR) is 70.5 cm³/mol. The van der Waals surface area contributed by atoms with E-state index in [1.54, 1.807) is 0 Å². The van der Waals surface area contributed by atoms with Crippen molar-refractivity contribution in [1.82, 2.24) is 0 Å². The highest BCUT2D eigenvalue weighted by Crippen LogP contribution is 2.27. The van der Waals surface area contributed by atoms with Crippen LogP contribution < -0.4 is 4.72 Å². The van der Waals surface area contributed by atoms with Crippen molar-refractivity contribution in [2.24, 2.45) is 0 Å². The van der Waals surface area contributed by atoms with Gasteiger partial charge in [0.25, 0.3) is 5.69 Å². The minimum atomic E-state index is -3.82. The standard InChI is InChI=1S/C9H9BrN2O6S/c10-7-5-6(12(15)16)1-2-8(7)11-19(17,18)4-3-9(13)14/h1-2,5,11H,3-4H2,(H,13,14). The Morgan fingerprint density at radius 1 is 1.47 bits per heavy atom. The van der Waals surface area contributed by atoms with Gasteiger partial charge in [-0.3, -0.25) is 19.6 Å². The Morgan fingerprint density at radius 2 is 2.11 bits per heavy atom. The molecule has 0 saturated carbocycles. The number of carboxylic acids is 1.